The van der Waals surface area contributed by atoms with Crippen molar-refractivity contribution >= 4 is 40.9 Å². The fraction of sp³-hybridized carbons (Fsp3) is 0.269. The molecule has 1 aliphatic rings. The van der Waals surface area contributed by atoms with E-state index in [4.69, 9.17) is 27.9 Å². The molecule has 0 saturated carbocycles. The van der Waals surface area contributed by atoms with E-state index in [-0.39, 0.29) is 28.7 Å². The topological polar surface area (TPSA) is 83.0 Å². The average molecular weight is 514 g/mol. The van der Waals surface area contributed by atoms with Crippen LogP contribution in [-0.4, -0.2) is 40.6 Å². The molecule has 7 nitrogen and oxygen atoms in total. The first-order valence-corrected chi connectivity index (χ1v) is 11.8. The highest BCUT2D eigenvalue weighted by atomic mass is 35.5. The van der Waals surface area contributed by atoms with Crippen LogP contribution in [0, 0.1) is 13.8 Å². The fourth-order valence-electron chi connectivity index (χ4n) is 4.18. The maximum atomic E-state index is 13.6. The predicted molar refractivity (Wildman–Crippen MR) is 136 cm³/mol. The van der Waals surface area contributed by atoms with Crippen LogP contribution in [0.4, 0.5) is 10.5 Å². The first kappa shape index (κ1) is 24.8. The highest BCUT2D eigenvalue weighted by Gasteiger charge is 2.32. The van der Waals surface area contributed by atoms with Gasteiger partial charge >= 0.3 is 6.09 Å². The molecule has 0 saturated heterocycles. The third-order valence-corrected chi connectivity index (χ3v) is 6.80. The standard InChI is InChI=1S/C26H25Cl2N3O4/c1-15-11-16(2)29-24(35-14-17-7-5-4-6-8-17)19(15)13-31-10-9-18-20(27)12-21(30(3)26(33)34)23(28)22(18)25(31)32/h4-8,11-12H,9-10,13-14H2,1-3H3,(H,33,34). The largest absolute Gasteiger partial charge is 0.473 e. The molecule has 3 aromatic rings. The number of pyridine rings is 1. The second-order valence-corrected chi connectivity index (χ2v) is 9.29. The summed E-state index contributed by atoms with van der Waals surface area (Å²) >= 11 is 13.0. The highest BCUT2D eigenvalue weighted by Crippen LogP contribution is 2.39. The van der Waals surface area contributed by atoms with Crippen molar-refractivity contribution in [3.05, 3.63) is 86.0 Å². The van der Waals surface area contributed by atoms with Crippen LogP contribution in [0.2, 0.25) is 10.0 Å². The number of aryl methyl sites for hydroxylation is 2. The van der Waals surface area contributed by atoms with E-state index in [1.54, 1.807) is 4.90 Å². The number of nitrogens with zero attached hydrogens (tertiary/aromatic N) is 3. The van der Waals surface area contributed by atoms with E-state index >= 15 is 0 Å². The maximum Gasteiger partial charge on any atom is 0.411 e. The fourth-order valence-corrected chi connectivity index (χ4v) is 4.85. The van der Waals surface area contributed by atoms with Crippen molar-refractivity contribution in [3.8, 4) is 5.88 Å². The predicted octanol–water partition coefficient (Wildman–Crippen LogP) is 5.90. The molecule has 0 bridgehead atoms. The monoisotopic (exact) mass is 513 g/mol. The molecule has 0 unspecified atom stereocenters. The number of carbonyl (C=O) groups excluding carboxylic acids is 1. The Bertz CT molecular complexity index is 1300. The molecular formula is C26H25Cl2N3O4. The van der Waals surface area contributed by atoms with Gasteiger partial charge in [0, 0.05) is 29.9 Å². The van der Waals surface area contributed by atoms with Crippen molar-refractivity contribution in [1.29, 1.82) is 0 Å². The van der Waals surface area contributed by atoms with Gasteiger partial charge in [-0.2, -0.15) is 0 Å². The van der Waals surface area contributed by atoms with Crippen LogP contribution < -0.4 is 9.64 Å². The lowest BCUT2D eigenvalue weighted by Gasteiger charge is -2.32. The molecule has 1 aliphatic heterocycles. The Kier molecular flexibility index (Phi) is 7.19. The van der Waals surface area contributed by atoms with Crippen LogP contribution in [-0.2, 0) is 19.6 Å². The molecule has 182 valence electrons. The number of ether oxygens (including phenoxy) is 1. The van der Waals surface area contributed by atoms with Gasteiger partial charge in [0.1, 0.15) is 6.61 Å². The van der Waals surface area contributed by atoms with E-state index in [1.807, 2.05) is 50.2 Å². The maximum absolute atomic E-state index is 13.6. The van der Waals surface area contributed by atoms with Crippen molar-refractivity contribution in [2.45, 2.75) is 33.4 Å². The summed E-state index contributed by atoms with van der Waals surface area (Å²) in [6, 6.07) is 13.2. The summed E-state index contributed by atoms with van der Waals surface area (Å²) in [6.45, 7) is 4.92. The molecule has 2 amide bonds. The van der Waals surface area contributed by atoms with Crippen molar-refractivity contribution < 1.29 is 19.4 Å². The number of hydrogen-bond donors (Lipinski definition) is 1. The van der Waals surface area contributed by atoms with Crippen LogP contribution in [0.25, 0.3) is 0 Å². The van der Waals surface area contributed by atoms with Crippen LogP contribution >= 0.6 is 23.2 Å². The second-order valence-electron chi connectivity index (χ2n) is 8.50. The van der Waals surface area contributed by atoms with Gasteiger partial charge in [0.2, 0.25) is 5.88 Å². The molecule has 0 radical (unpaired) electrons. The quantitative estimate of drug-likeness (QED) is 0.443. The third kappa shape index (κ3) is 5.06. The summed E-state index contributed by atoms with van der Waals surface area (Å²) in [4.78, 5) is 32.3. The SMILES string of the molecule is Cc1cc(C)c(CN2CCc3c(Cl)cc(N(C)C(=O)O)c(Cl)c3C2=O)c(OCc2ccccc2)n1. The van der Waals surface area contributed by atoms with Crippen molar-refractivity contribution in [1.82, 2.24) is 9.88 Å². The Morgan fingerprint density at radius 2 is 1.91 bits per heavy atom. The molecule has 35 heavy (non-hydrogen) atoms. The number of aromatic nitrogens is 1. The Morgan fingerprint density at radius 3 is 2.60 bits per heavy atom. The van der Waals surface area contributed by atoms with Gasteiger partial charge in [-0.05, 0) is 49.1 Å². The lowest BCUT2D eigenvalue weighted by molar-refractivity contribution is 0.0725. The zero-order chi connectivity index (χ0) is 25.3. The molecule has 1 aromatic heterocycles. The Balaban J connectivity index is 1.66. The van der Waals surface area contributed by atoms with Crippen LogP contribution in [0.1, 0.15) is 38.3 Å². The van der Waals surface area contributed by atoms with E-state index in [9.17, 15) is 14.7 Å². The Hall–Kier alpha value is -3.29. The minimum Gasteiger partial charge on any atom is -0.473 e. The van der Waals surface area contributed by atoms with Gasteiger partial charge in [-0.15, -0.1) is 0 Å². The number of fused-ring (bicyclic) bond motifs is 1. The molecular weight excluding hydrogens is 489 g/mol. The van der Waals surface area contributed by atoms with E-state index in [0.717, 1.165) is 27.3 Å². The van der Waals surface area contributed by atoms with Crippen LogP contribution in [0.15, 0.2) is 42.5 Å². The summed E-state index contributed by atoms with van der Waals surface area (Å²) in [5.74, 6) is 0.168. The second kappa shape index (κ2) is 10.1. The van der Waals surface area contributed by atoms with E-state index in [1.165, 1.54) is 13.1 Å². The Morgan fingerprint density at radius 1 is 1.20 bits per heavy atom. The molecule has 0 aliphatic carbocycles. The summed E-state index contributed by atoms with van der Waals surface area (Å²) in [7, 11) is 1.36. The Labute approximate surface area is 213 Å². The van der Waals surface area contributed by atoms with Gasteiger partial charge in [-0.25, -0.2) is 9.78 Å². The summed E-state index contributed by atoms with van der Waals surface area (Å²) in [5, 5.41) is 9.78. The van der Waals surface area contributed by atoms with E-state index in [2.05, 4.69) is 4.98 Å². The number of halogens is 2. The number of benzene rings is 2. The first-order valence-electron chi connectivity index (χ1n) is 11.1. The van der Waals surface area contributed by atoms with Crippen LogP contribution in [0.5, 0.6) is 5.88 Å². The van der Waals surface area contributed by atoms with Gasteiger partial charge in [-0.1, -0.05) is 53.5 Å². The normalized spacial score (nSPS) is 12.9. The summed E-state index contributed by atoms with van der Waals surface area (Å²) < 4.78 is 6.08. The molecule has 4 rings (SSSR count). The zero-order valence-corrected chi connectivity index (χ0v) is 21.2. The van der Waals surface area contributed by atoms with E-state index < -0.39 is 6.09 Å². The molecule has 0 spiro atoms. The number of hydrogen-bond acceptors (Lipinski definition) is 4. The van der Waals surface area contributed by atoms with Crippen LogP contribution in [0.3, 0.4) is 0 Å². The zero-order valence-electron chi connectivity index (χ0n) is 19.6. The molecule has 0 fully saturated rings. The van der Waals surface area contributed by atoms with Gasteiger partial charge in [0.15, 0.2) is 0 Å². The molecule has 2 aromatic carbocycles. The summed E-state index contributed by atoms with van der Waals surface area (Å²) in [6.07, 6.45) is -0.709. The van der Waals surface area contributed by atoms with Crippen molar-refractivity contribution in [2.75, 3.05) is 18.5 Å². The number of carbonyl (C=O) groups is 2. The van der Waals surface area contributed by atoms with Gasteiger partial charge in [-0.3, -0.25) is 9.69 Å². The summed E-state index contributed by atoms with van der Waals surface area (Å²) in [5.41, 5.74) is 4.63. The smallest absolute Gasteiger partial charge is 0.411 e. The number of anilines is 1. The average Bonchev–Trinajstić information content (AvgIpc) is 2.82. The van der Waals surface area contributed by atoms with Gasteiger partial charge in [0.25, 0.3) is 5.91 Å². The third-order valence-electron chi connectivity index (χ3n) is 6.08. The number of rotatable bonds is 6. The molecule has 1 N–H and O–H groups in total. The first-order chi connectivity index (χ1) is 16.7. The lowest BCUT2D eigenvalue weighted by Crippen LogP contribution is -2.38. The van der Waals surface area contributed by atoms with E-state index in [0.29, 0.717) is 36.0 Å². The van der Waals surface area contributed by atoms with Crippen molar-refractivity contribution in [2.24, 2.45) is 0 Å². The van der Waals surface area contributed by atoms with Gasteiger partial charge in [0.05, 0.1) is 22.8 Å². The minimum absolute atomic E-state index is 0.0725. The number of carboxylic acid groups (broad SMARTS) is 1. The number of amides is 2. The van der Waals surface area contributed by atoms with Gasteiger partial charge < -0.3 is 14.7 Å². The highest BCUT2D eigenvalue weighted by molar-refractivity contribution is 6.39. The van der Waals surface area contributed by atoms with Crippen molar-refractivity contribution in [3.63, 3.8) is 0 Å². The molecule has 9 heteroatoms. The molecule has 2 heterocycles. The molecule has 0 atom stereocenters. The minimum atomic E-state index is -1.20. The lowest BCUT2D eigenvalue weighted by atomic mass is 9.96.